The Hall–Kier alpha value is -2.86. The van der Waals surface area contributed by atoms with Gasteiger partial charge in [-0.25, -0.2) is 0 Å². The van der Waals surface area contributed by atoms with Gasteiger partial charge in [-0.3, -0.25) is 9.79 Å². The number of rotatable bonds is 0. The van der Waals surface area contributed by atoms with E-state index in [1.807, 2.05) is 36.5 Å². The van der Waals surface area contributed by atoms with Crippen molar-refractivity contribution in [3.05, 3.63) is 48.0 Å². The fourth-order valence-electron chi connectivity index (χ4n) is 3.72. The van der Waals surface area contributed by atoms with E-state index in [-0.39, 0.29) is 18.1 Å². The minimum absolute atomic E-state index is 0.0245. The molecule has 4 rings (SSSR count). The molecule has 2 aromatic rings. The minimum Gasteiger partial charge on any atom is -0.489 e. The standard InChI is InChI=1S/C22H26N4O2/c23-20-8-4-7-18-15-5-3-6-16(11-15)28-17-12-21(26-13-17)22(27)25-10-2-1-9-24-14-19(18)20/h3-8,11,14,17,21,26H,1-2,9-10,12-13,23H2,(H,25,27). The van der Waals surface area contributed by atoms with Crippen molar-refractivity contribution < 1.29 is 9.53 Å². The second kappa shape index (κ2) is 8.44. The van der Waals surface area contributed by atoms with Crippen LogP contribution in [0.3, 0.4) is 0 Å². The zero-order valence-electron chi connectivity index (χ0n) is 15.9. The van der Waals surface area contributed by atoms with Crippen LogP contribution in [0.25, 0.3) is 11.1 Å². The number of ether oxygens (including phenoxy) is 1. The molecular formula is C22H26N4O2. The highest BCUT2D eigenvalue weighted by atomic mass is 16.5. The predicted octanol–water partition coefficient (Wildman–Crippen LogP) is 2.37. The molecule has 2 aliphatic rings. The van der Waals surface area contributed by atoms with Crippen LogP contribution < -0.4 is 21.1 Å². The Labute approximate surface area is 165 Å². The first-order valence-electron chi connectivity index (χ1n) is 9.87. The number of carbonyl (C=O) groups excluding carboxylic acids is 1. The van der Waals surface area contributed by atoms with E-state index in [4.69, 9.17) is 10.5 Å². The van der Waals surface area contributed by atoms with Crippen LogP contribution in [0.4, 0.5) is 5.69 Å². The Morgan fingerprint density at radius 3 is 2.96 bits per heavy atom. The van der Waals surface area contributed by atoms with Gasteiger partial charge in [0.15, 0.2) is 0 Å². The number of anilines is 1. The number of nitrogen functional groups attached to an aromatic ring is 1. The zero-order valence-corrected chi connectivity index (χ0v) is 15.9. The number of carbonyl (C=O) groups is 1. The van der Waals surface area contributed by atoms with Crippen molar-refractivity contribution in [3.8, 4) is 16.9 Å². The topological polar surface area (TPSA) is 88.7 Å². The van der Waals surface area contributed by atoms with Gasteiger partial charge in [0.2, 0.25) is 5.91 Å². The van der Waals surface area contributed by atoms with Crippen LogP contribution in [0.1, 0.15) is 24.8 Å². The van der Waals surface area contributed by atoms with Crippen molar-refractivity contribution in [2.75, 3.05) is 25.4 Å². The summed E-state index contributed by atoms with van der Waals surface area (Å²) in [5, 5.41) is 6.27. The third-order valence-electron chi connectivity index (χ3n) is 5.23. The summed E-state index contributed by atoms with van der Waals surface area (Å²) < 4.78 is 6.16. The first-order chi connectivity index (χ1) is 13.7. The molecule has 2 unspecified atom stereocenters. The minimum atomic E-state index is -0.192. The van der Waals surface area contributed by atoms with Gasteiger partial charge in [0, 0.05) is 43.5 Å². The molecule has 1 amide bonds. The lowest BCUT2D eigenvalue weighted by Gasteiger charge is -2.15. The lowest BCUT2D eigenvalue weighted by atomic mass is 9.98. The van der Waals surface area contributed by atoms with Crippen molar-refractivity contribution in [1.29, 1.82) is 0 Å². The number of nitrogens with two attached hydrogens (primary N) is 1. The average molecular weight is 378 g/mol. The number of aliphatic imine (C=N–C) groups is 1. The van der Waals surface area contributed by atoms with Crippen LogP contribution in [0.5, 0.6) is 5.75 Å². The van der Waals surface area contributed by atoms with Gasteiger partial charge >= 0.3 is 0 Å². The van der Waals surface area contributed by atoms with Gasteiger partial charge in [-0.2, -0.15) is 0 Å². The quantitative estimate of drug-likeness (QED) is 0.614. The molecule has 2 aromatic carbocycles. The Morgan fingerprint density at radius 2 is 2.04 bits per heavy atom. The summed E-state index contributed by atoms with van der Waals surface area (Å²) in [7, 11) is 0. The molecule has 28 heavy (non-hydrogen) atoms. The average Bonchev–Trinajstić information content (AvgIpc) is 3.16. The molecule has 0 aliphatic carbocycles. The number of benzene rings is 2. The smallest absolute Gasteiger partial charge is 0.237 e. The third-order valence-corrected chi connectivity index (χ3v) is 5.23. The van der Waals surface area contributed by atoms with Crippen molar-refractivity contribution in [2.45, 2.75) is 31.4 Å². The molecule has 2 atom stereocenters. The van der Waals surface area contributed by atoms with E-state index in [9.17, 15) is 4.79 Å². The molecule has 1 fully saturated rings. The normalized spacial score (nSPS) is 22.6. The van der Waals surface area contributed by atoms with Crippen molar-refractivity contribution >= 4 is 17.8 Å². The molecule has 0 radical (unpaired) electrons. The molecule has 6 nitrogen and oxygen atoms in total. The number of nitrogens with zero attached hydrogens (tertiary/aromatic N) is 1. The van der Waals surface area contributed by atoms with E-state index in [1.165, 1.54) is 0 Å². The molecular weight excluding hydrogens is 352 g/mol. The number of amides is 1. The summed E-state index contributed by atoms with van der Waals surface area (Å²) in [5.74, 6) is 0.841. The highest BCUT2D eigenvalue weighted by Crippen LogP contribution is 2.30. The lowest BCUT2D eigenvalue weighted by molar-refractivity contribution is -0.122. The van der Waals surface area contributed by atoms with Crippen molar-refractivity contribution in [3.63, 3.8) is 0 Å². The summed E-state index contributed by atoms with van der Waals surface area (Å²) in [5.41, 5.74) is 9.95. The predicted molar refractivity (Wildman–Crippen MR) is 112 cm³/mol. The van der Waals surface area contributed by atoms with Crippen LogP contribution >= 0.6 is 0 Å². The fourth-order valence-corrected chi connectivity index (χ4v) is 3.72. The van der Waals surface area contributed by atoms with Gasteiger partial charge in [0.05, 0.1) is 6.04 Å². The van der Waals surface area contributed by atoms with Crippen LogP contribution in [-0.2, 0) is 4.79 Å². The van der Waals surface area contributed by atoms with Gasteiger partial charge < -0.3 is 21.1 Å². The van der Waals surface area contributed by atoms with Gasteiger partial charge in [-0.05, 0) is 42.2 Å². The summed E-state index contributed by atoms with van der Waals surface area (Å²) in [6.07, 6.45) is 4.32. The van der Waals surface area contributed by atoms with Gasteiger partial charge in [-0.15, -0.1) is 0 Å². The van der Waals surface area contributed by atoms with Crippen LogP contribution in [0.2, 0.25) is 0 Å². The highest BCUT2D eigenvalue weighted by Gasteiger charge is 2.30. The number of fused-ring (bicyclic) bond motifs is 6. The molecule has 1 saturated heterocycles. The molecule has 0 saturated carbocycles. The van der Waals surface area contributed by atoms with Gasteiger partial charge in [0.25, 0.3) is 0 Å². The van der Waals surface area contributed by atoms with E-state index < -0.39 is 0 Å². The van der Waals surface area contributed by atoms with E-state index >= 15 is 0 Å². The molecule has 2 heterocycles. The number of hydrogen-bond acceptors (Lipinski definition) is 5. The van der Waals surface area contributed by atoms with Gasteiger partial charge in [-0.1, -0.05) is 24.3 Å². The molecule has 146 valence electrons. The summed E-state index contributed by atoms with van der Waals surface area (Å²) in [6.45, 7) is 2.03. The summed E-state index contributed by atoms with van der Waals surface area (Å²) in [6, 6.07) is 13.7. The molecule has 4 N–H and O–H groups in total. The highest BCUT2D eigenvalue weighted by molar-refractivity contribution is 5.96. The van der Waals surface area contributed by atoms with Crippen LogP contribution in [0.15, 0.2) is 47.5 Å². The summed E-state index contributed by atoms with van der Waals surface area (Å²) in [4.78, 5) is 16.9. The number of hydrogen-bond donors (Lipinski definition) is 3. The van der Waals surface area contributed by atoms with E-state index in [0.717, 1.165) is 35.3 Å². The maximum absolute atomic E-state index is 12.3. The Kier molecular flexibility index (Phi) is 5.58. The van der Waals surface area contributed by atoms with Crippen molar-refractivity contribution in [2.24, 2.45) is 4.99 Å². The van der Waals surface area contributed by atoms with Crippen LogP contribution in [0, 0.1) is 0 Å². The molecule has 0 spiro atoms. The molecule has 4 bridgehead atoms. The lowest BCUT2D eigenvalue weighted by Crippen LogP contribution is -2.40. The maximum atomic E-state index is 12.3. The van der Waals surface area contributed by atoms with E-state index in [1.54, 1.807) is 0 Å². The second-order valence-electron chi connectivity index (χ2n) is 7.31. The SMILES string of the molecule is Nc1cccc2c1C=NCCCCNC(=O)C1CC(CN1)Oc1cccc-2c1. The van der Waals surface area contributed by atoms with Gasteiger partial charge in [0.1, 0.15) is 11.9 Å². The van der Waals surface area contributed by atoms with E-state index in [0.29, 0.717) is 31.7 Å². The summed E-state index contributed by atoms with van der Waals surface area (Å²) >= 11 is 0. The third kappa shape index (κ3) is 4.17. The molecule has 0 aromatic heterocycles. The monoisotopic (exact) mass is 378 g/mol. The van der Waals surface area contributed by atoms with Crippen LogP contribution in [-0.4, -0.2) is 43.9 Å². The largest absolute Gasteiger partial charge is 0.489 e. The Bertz CT molecular complexity index is 881. The number of nitrogens with one attached hydrogen (secondary N) is 2. The van der Waals surface area contributed by atoms with Crippen molar-refractivity contribution in [1.82, 2.24) is 10.6 Å². The first-order valence-corrected chi connectivity index (χ1v) is 9.87. The zero-order chi connectivity index (χ0) is 19.3. The Balaban J connectivity index is 1.66. The fraction of sp³-hybridized carbons (Fsp3) is 0.364. The molecule has 6 heteroatoms. The second-order valence-corrected chi connectivity index (χ2v) is 7.31. The van der Waals surface area contributed by atoms with E-state index in [2.05, 4.69) is 27.8 Å². The maximum Gasteiger partial charge on any atom is 0.237 e. The first kappa shape index (κ1) is 18.5. The Morgan fingerprint density at radius 1 is 1.14 bits per heavy atom. The molecule has 2 aliphatic heterocycles.